The van der Waals surface area contributed by atoms with Gasteiger partial charge in [0.25, 0.3) is 11.8 Å². The second-order valence-electron chi connectivity index (χ2n) is 11.2. The van der Waals surface area contributed by atoms with Gasteiger partial charge in [-0.25, -0.2) is 4.39 Å². The lowest BCUT2D eigenvalue weighted by atomic mass is 9.84. The van der Waals surface area contributed by atoms with Crippen LogP contribution in [0.4, 0.5) is 15.2 Å². The van der Waals surface area contributed by atoms with Crippen LogP contribution in [0, 0.1) is 12.7 Å². The van der Waals surface area contributed by atoms with E-state index < -0.39 is 28.6 Å². The Kier molecular flexibility index (Phi) is 7.01. The van der Waals surface area contributed by atoms with Gasteiger partial charge in [-0.3, -0.25) is 19.3 Å². The van der Waals surface area contributed by atoms with Gasteiger partial charge in [-0.2, -0.15) is 0 Å². The Hall–Kier alpha value is -4.84. The Morgan fingerprint density at radius 1 is 0.936 bits per heavy atom. The maximum atomic E-state index is 15.1. The highest BCUT2D eigenvalue weighted by Gasteiger charge is 2.66. The van der Waals surface area contributed by atoms with Gasteiger partial charge in [0.05, 0.1) is 23.2 Å². The number of anilines is 2. The maximum Gasteiger partial charge on any atom is 0.297 e. The summed E-state index contributed by atoms with van der Waals surface area (Å²) in [5, 5.41) is 9.68. The lowest BCUT2D eigenvalue weighted by molar-refractivity contribution is -0.121. The molecule has 0 bridgehead atoms. The van der Waals surface area contributed by atoms with Crippen molar-refractivity contribution in [3.8, 4) is 0 Å². The first-order chi connectivity index (χ1) is 22.8. The zero-order valence-electron chi connectivity index (χ0n) is 24.6. The summed E-state index contributed by atoms with van der Waals surface area (Å²) in [7, 11) is 0. The van der Waals surface area contributed by atoms with Gasteiger partial charge in [-0.1, -0.05) is 101 Å². The van der Waals surface area contributed by atoms with Crippen LogP contribution < -0.4 is 15.2 Å². The van der Waals surface area contributed by atoms with E-state index in [-0.39, 0.29) is 39.5 Å². The van der Waals surface area contributed by atoms with Crippen LogP contribution in [-0.2, 0) is 22.6 Å². The minimum Gasteiger partial charge on any atom is -0.450 e. The number of halogens is 2. The number of hydrogen-bond donors (Lipinski definition) is 0. The Balaban J connectivity index is 1.33. The molecule has 8 rings (SSSR count). The predicted octanol–water partition coefficient (Wildman–Crippen LogP) is 7.49. The first kappa shape index (κ1) is 29.6. The fourth-order valence-corrected chi connectivity index (χ4v) is 8.51. The van der Waals surface area contributed by atoms with Gasteiger partial charge in [0.1, 0.15) is 11.4 Å². The number of benzene rings is 4. The number of aromatic nitrogens is 2. The Bertz CT molecular complexity index is 2340. The van der Waals surface area contributed by atoms with Crippen molar-refractivity contribution in [2.75, 3.05) is 9.80 Å². The zero-order chi connectivity index (χ0) is 32.4. The van der Waals surface area contributed by atoms with Crippen LogP contribution in [0.2, 0.25) is 5.02 Å². The number of amides is 2. The Morgan fingerprint density at radius 3 is 2.49 bits per heavy atom. The van der Waals surface area contributed by atoms with Gasteiger partial charge >= 0.3 is 0 Å². The van der Waals surface area contributed by atoms with Crippen molar-refractivity contribution in [2.24, 2.45) is 0 Å². The summed E-state index contributed by atoms with van der Waals surface area (Å²) in [4.78, 5) is 46.7. The standard InChI is InChI=1S/C35H22ClFN4O4S2/c1-19-14-15-27-22(16-19)29(42)28-30(45-27)31(43)41(33-38-39-34(47-33)46-18-21-9-2-5-11-24(21)36)35(28)23-10-4-7-13-26(23)40(32(35)44)17-20-8-3-6-12-25(20)37/h2-16H,17-18H2,1H3. The predicted molar refractivity (Wildman–Crippen MR) is 180 cm³/mol. The Labute approximate surface area is 280 Å². The number of rotatable bonds is 6. The van der Waals surface area contributed by atoms with Gasteiger partial charge < -0.3 is 9.32 Å². The molecule has 2 amide bonds. The minimum atomic E-state index is -1.98. The van der Waals surface area contributed by atoms with Crippen molar-refractivity contribution in [1.29, 1.82) is 0 Å². The molecule has 0 radical (unpaired) electrons. The van der Waals surface area contributed by atoms with E-state index in [1.165, 1.54) is 27.6 Å². The average Bonchev–Trinajstić information content (AvgIpc) is 3.71. The first-order valence-electron chi connectivity index (χ1n) is 14.6. The van der Waals surface area contributed by atoms with E-state index in [0.29, 0.717) is 26.4 Å². The number of carbonyl (C=O) groups is 2. The van der Waals surface area contributed by atoms with Gasteiger partial charge in [0, 0.05) is 21.9 Å². The highest BCUT2D eigenvalue weighted by Crippen LogP contribution is 2.55. The van der Waals surface area contributed by atoms with E-state index in [1.807, 2.05) is 25.1 Å². The molecule has 1 atom stereocenters. The van der Waals surface area contributed by atoms with Crippen LogP contribution in [0.25, 0.3) is 11.0 Å². The van der Waals surface area contributed by atoms with Crippen molar-refractivity contribution in [2.45, 2.75) is 29.1 Å². The van der Waals surface area contributed by atoms with Crippen LogP contribution in [-0.4, -0.2) is 22.0 Å². The lowest BCUT2D eigenvalue weighted by Gasteiger charge is -2.32. The number of para-hydroxylation sites is 1. The quantitative estimate of drug-likeness (QED) is 0.133. The number of nitrogens with zero attached hydrogens (tertiary/aromatic N) is 4. The molecule has 1 unspecified atom stereocenters. The molecule has 2 aliphatic rings. The molecule has 0 fully saturated rings. The van der Waals surface area contributed by atoms with Crippen molar-refractivity contribution in [3.05, 3.63) is 146 Å². The molecule has 0 saturated heterocycles. The Morgan fingerprint density at radius 2 is 1.68 bits per heavy atom. The molecule has 8 nitrogen and oxygen atoms in total. The monoisotopic (exact) mass is 680 g/mol. The number of fused-ring (bicyclic) bond motifs is 5. The first-order valence-corrected chi connectivity index (χ1v) is 16.7. The summed E-state index contributed by atoms with van der Waals surface area (Å²) >= 11 is 8.86. The van der Waals surface area contributed by atoms with Gasteiger partial charge in [0.15, 0.2) is 15.3 Å². The summed E-state index contributed by atoms with van der Waals surface area (Å²) in [5.41, 5.74) is 0.446. The molecule has 2 aliphatic heterocycles. The van der Waals surface area contributed by atoms with Crippen LogP contribution in [0.5, 0.6) is 0 Å². The number of thioether (sulfide) groups is 1. The van der Waals surface area contributed by atoms with Crippen molar-refractivity contribution in [3.63, 3.8) is 0 Å². The summed E-state index contributed by atoms with van der Waals surface area (Å²) in [6.07, 6.45) is 0. The fourth-order valence-electron chi connectivity index (χ4n) is 6.34. The maximum absolute atomic E-state index is 15.1. The SMILES string of the molecule is Cc1ccc2oc3c(c(=O)c2c1)C1(C(=O)N(Cc2ccccc2F)c2ccccc21)N(c1nnc(SCc2ccccc2Cl)s1)C3=O. The van der Waals surface area contributed by atoms with Gasteiger partial charge in [-0.05, 0) is 42.8 Å². The van der Waals surface area contributed by atoms with Crippen molar-refractivity contribution < 1.29 is 18.4 Å². The van der Waals surface area contributed by atoms with Crippen molar-refractivity contribution >= 4 is 68.3 Å². The van der Waals surface area contributed by atoms with Crippen LogP contribution in [0.3, 0.4) is 0 Å². The molecule has 4 heterocycles. The smallest absolute Gasteiger partial charge is 0.297 e. The van der Waals surface area contributed by atoms with E-state index in [2.05, 4.69) is 10.2 Å². The van der Waals surface area contributed by atoms with E-state index in [0.717, 1.165) is 22.5 Å². The lowest BCUT2D eigenvalue weighted by Crippen LogP contribution is -2.53. The number of hydrogen-bond acceptors (Lipinski definition) is 8. The molecule has 4 aromatic carbocycles. The molecular weight excluding hydrogens is 659 g/mol. The molecule has 1 spiro atoms. The van der Waals surface area contributed by atoms with E-state index in [9.17, 15) is 14.0 Å². The van der Waals surface area contributed by atoms with Gasteiger partial charge in [-0.15, -0.1) is 10.2 Å². The van der Waals surface area contributed by atoms with E-state index >= 15 is 4.79 Å². The average molecular weight is 681 g/mol. The molecule has 232 valence electrons. The second kappa shape index (κ2) is 11.2. The largest absolute Gasteiger partial charge is 0.450 e. The fraction of sp³-hybridized carbons (Fsp3) is 0.114. The summed E-state index contributed by atoms with van der Waals surface area (Å²) in [5.74, 6) is -1.54. The molecule has 2 aromatic heterocycles. The number of carbonyl (C=O) groups excluding carboxylic acids is 2. The molecule has 12 heteroatoms. The third kappa shape index (κ3) is 4.45. The molecule has 6 aromatic rings. The normalized spacial score (nSPS) is 16.8. The highest BCUT2D eigenvalue weighted by atomic mass is 35.5. The molecule has 0 aliphatic carbocycles. The molecule has 0 saturated carbocycles. The molecular formula is C35H22ClFN4O4S2. The van der Waals surface area contributed by atoms with E-state index in [1.54, 1.807) is 66.7 Å². The summed E-state index contributed by atoms with van der Waals surface area (Å²) in [6.45, 7) is 1.71. The third-order valence-corrected chi connectivity index (χ3v) is 10.9. The van der Waals surface area contributed by atoms with Crippen LogP contribution >= 0.6 is 34.7 Å². The second-order valence-corrected chi connectivity index (χ2v) is 13.8. The van der Waals surface area contributed by atoms with E-state index in [4.69, 9.17) is 16.0 Å². The topological polar surface area (TPSA) is 96.6 Å². The van der Waals surface area contributed by atoms with Crippen LogP contribution in [0.1, 0.15) is 38.4 Å². The summed E-state index contributed by atoms with van der Waals surface area (Å²) in [6, 6.07) is 25.7. The molecule has 47 heavy (non-hydrogen) atoms. The summed E-state index contributed by atoms with van der Waals surface area (Å²) < 4.78 is 21.7. The number of aryl methyl sites for hydroxylation is 1. The molecule has 0 N–H and O–H groups in total. The third-order valence-electron chi connectivity index (χ3n) is 8.46. The van der Waals surface area contributed by atoms with Crippen molar-refractivity contribution in [1.82, 2.24) is 10.2 Å². The minimum absolute atomic E-state index is 0.102. The highest BCUT2D eigenvalue weighted by molar-refractivity contribution is 8.00. The zero-order valence-corrected chi connectivity index (χ0v) is 27.0. The van der Waals surface area contributed by atoms with Gasteiger partial charge in [0.2, 0.25) is 10.9 Å². The van der Waals surface area contributed by atoms with Crippen LogP contribution in [0.15, 0.2) is 105 Å².